The normalized spacial score (nSPS) is 10.5. The Kier molecular flexibility index (Phi) is 3.09. The highest BCUT2D eigenvalue weighted by atomic mass is 35.5. The van der Waals surface area contributed by atoms with E-state index in [1.165, 1.54) is 11.8 Å². The Labute approximate surface area is 101 Å². The summed E-state index contributed by atoms with van der Waals surface area (Å²) < 4.78 is 0. The van der Waals surface area contributed by atoms with E-state index in [0.717, 1.165) is 9.79 Å². The number of aromatic amines is 1. The standard InChI is InChI=1S/C9H7Cl2N3S/c10-6-2-1-5(3-7(6)11)15-8-4-13-14-9(8)12/h1-4H,(H3,12,13,14). The lowest BCUT2D eigenvalue weighted by Gasteiger charge is -2.01. The van der Waals surface area contributed by atoms with Crippen LogP contribution >= 0.6 is 35.0 Å². The van der Waals surface area contributed by atoms with Crippen molar-refractivity contribution in [3.63, 3.8) is 0 Å². The van der Waals surface area contributed by atoms with Crippen LogP contribution in [0.2, 0.25) is 10.0 Å². The van der Waals surface area contributed by atoms with Gasteiger partial charge < -0.3 is 5.73 Å². The first-order valence-corrected chi connectivity index (χ1v) is 5.66. The van der Waals surface area contributed by atoms with Crippen molar-refractivity contribution in [3.8, 4) is 0 Å². The number of halogens is 2. The van der Waals surface area contributed by atoms with Crippen molar-refractivity contribution in [1.29, 1.82) is 0 Å². The van der Waals surface area contributed by atoms with Crippen LogP contribution in [0.4, 0.5) is 5.82 Å². The molecule has 3 N–H and O–H groups in total. The molecule has 0 fully saturated rings. The van der Waals surface area contributed by atoms with Gasteiger partial charge in [0.25, 0.3) is 0 Å². The number of benzene rings is 1. The second-order valence-electron chi connectivity index (χ2n) is 2.83. The summed E-state index contributed by atoms with van der Waals surface area (Å²) in [5.41, 5.74) is 5.66. The summed E-state index contributed by atoms with van der Waals surface area (Å²) in [5.74, 6) is 0.547. The van der Waals surface area contributed by atoms with Crippen LogP contribution in [0.25, 0.3) is 0 Å². The molecule has 2 rings (SSSR count). The molecule has 0 aliphatic carbocycles. The second-order valence-corrected chi connectivity index (χ2v) is 4.76. The number of nitrogens with zero attached hydrogens (tertiary/aromatic N) is 1. The summed E-state index contributed by atoms with van der Waals surface area (Å²) in [6, 6.07) is 5.43. The summed E-state index contributed by atoms with van der Waals surface area (Å²) in [4.78, 5) is 1.84. The molecule has 3 nitrogen and oxygen atoms in total. The van der Waals surface area contributed by atoms with Gasteiger partial charge in [-0.15, -0.1) is 0 Å². The molecular weight excluding hydrogens is 253 g/mol. The second kappa shape index (κ2) is 4.35. The highest BCUT2D eigenvalue weighted by Crippen LogP contribution is 2.34. The van der Waals surface area contributed by atoms with Gasteiger partial charge in [-0.05, 0) is 18.2 Å². The smallest absolute Gasteiger partial charge is 0.133 e. The number of nitrogens with two attached hydrogens (primary N) is 1. The van der Waals surface area contributed by atoms with Gasteiger partial charge in [-0.25, -0.2) is 0 Å². The van der Waals surface area contributed by atoms with Gasteiger partial charge in [-0.3, -0.25) is 5.10 Å². The summed E-state index contributed by atoms with van der Waals surface area (Å²) in [5, 5.41) is 7.56. The highest BCUT2D eigenvalue weighted by Gasteiger charge is 2.05. The van der Waals surface area contributed by atoms with Crippen LogP contribution in [0.1, 0.15) is 0 Å². The van der Waals surface area contributed by atoms with Gasteiger partial charge in [-0.2, -0.15) is 5.10 Å². The molecule has 0 amide bonds. The molecule has 1 aromatic carbocycles. The van der Waals surface area contributed by atoms with Crippen molar-refractivity contribution in [2.45, 2.75) is 9.79 Å². The van der Waals surface area contributed by atoms with Crippen LogP contribution in [0, 0.1) is 0 Å². The zero-order valence-corrected chi connectivity index (χ0v) is 9.83. The fourth-order valence-electron chi connectivity index (χ4n) is 1.03. The molecule has 0 atom stereocenters. The van der Waals surface area contributed by atoms with Gasteiger partial charge in [0.05, 0.1) is 21.1 Å². The number of nitrogens with one attached hydrogen (secondary N) is 1. The van der Waals surface area contributed by atoms with E-state index in [9.17, 15) is 0 Å². The molecule has 2 aromatic rings. The predicted molar refractivity (Wildman–Crippen MR) is 63.6 cm³/mol. The Morgan fingerprint density at radius 3 is 2.67 bits per heavy atom. The molecule has 0 saturated heterocycles. The molecule has 0 saturated carbocycles. The number of H-pyrrole nitrogens is 1. The van der Waals surface area contributed by atoms with Crippen LogP contribution in [-0.2, 0) is 0 Å². The Hall–Kier alpha value is -0.840. The average Bonchev–Trinajstić information content (AvgIpc) is 2.59. The molecule has 6 heteroatoms. The number of anilines is 1. The zero-order chi connectivity index (χ0) is 10.8. The molecule has 1 heterocycles. The van der Waals surface area contributed by atoms with Crippen molar-refractivity contribution in [2.75, 3.05) is 5.73 Å². The Morgan fingerprint density at radius 2 is 2.07 bits per heavy atom. The van der Waals surface area contributed by atoms with Crippen molar-refractivity contribution in [2.24, 2.45) is 0 Å². The molecule has 0 aliphatic heterocycles. The van der Waals surface area contributed by atoms with Crippen molar-refractivity contribution in [3.05, 3.63) is 34.4 Å². The summed E-state index contributed by atoms with van der Waals surface area (Å²) in [6.07, 6.45) is 1.67. The lowest BCUT2D eigenvalue weighted by atomic mass is 10.4. The largest absolute Gasteiger partial charge is 0.383 e. The quantitative estimate of drug-likeness (QED) is 0.869. The first-order valence-electron chi connectivity index (χ1n) is 4.08. The van der Waals surface area contributed by atoms with E-state index in [-0.39, 0.29) is 0 Å². The van der Waals surface area contributed by atoms with E-state index in [1.807, 2.05) is 6.07 Å². The molecule has 0 unspecified atom stereocenters. The minimum absolute atomic E-state index is 0.531. The topological polar surface area (TPSA) is 54.7 Å². The van der Waals surface area contributed by atoms with E-state index in [1.54, 1.807) is 18.3 Å². The lowest BCUT2D eigenvalue weighted by Crippen LogP contribution is -1.85. The van der Waals surface area contributed by atoms with Gasteiger partial charge in [0.1, 0.15) is 5.82 Å². The van der Waals surface area contributed by atoms with Gasteiger partial charge >= 0.3 is 0 Å². The molecule has 1 aromatic heterocycles. The first-order chi connectivity index (χ1) is 7.16. The number of nitrogen functional groups attached to an aromatic ring is 1. The third-order valence-corrected chi connectivity index (χ3v) is 3.53. The number of aromatic nitrogens is 2. The Morgan fingerprint density at radius 1 is 1.27 bits per heavy atom. The van der Waals surface area contributed by atoms with Crippen LogP contribution in [0.15, 0.2) is 34.2 Å². The van der Waals surface area contributed by atoms with Crippen molar-refractivity contribution < 1.29 is 0 Å². The monoisotopic (exact) mass is 259 g/mol. The number of hydrogen-bond acceptors (Lipinski definition) is 3. The van der Waals surface area contributed by atoms with E-state index in [0.29, 0.717) is 15.9 Å². The first kappa shape index (κ1) is 10.7. The summed E-state index contributed by atoms with van der Waals surface area (Å²) in [6.45, 7) is 0. The maximum Gasteiger partial charge on any atom is 0.133 e. The lowest BCUT2D eigenvalue weighted by molar-refractivity contribution is 1.10. The number of hydrogen-bond donors (Lipinski definition) is 2. The van der Waals surface area contributed by atoms with Crippen LogP contribution in [-0.4, -0.2) is 10.2 Å². The highest BCUT2D eigenvalue weighted by molar-refractivity contribution is 7.99. The zero-order valence-electron chi connectivity index (χ0n) is 7.50. The molecule has 0 bridgehead atoms. The SMILES string of the molecule is Nc1[nH]ncc1Sc1ccc(Cl)c(Cl)c1. The van der Waals surface area contributed by atoms with E-state index in [2.05, 4.69) is 10.2 Å². The third-order valence-electron chi connectivity index (χ3n) is 1.75. The van der Waals surface area contributed by atoms with E-state index in [4.69, 9.17) is 28.9 Å². The molecule has 0 spiro atoms. The molecule has 0 radical (unpaired) electrons. The minimum Gasteiger partial charge on any atom is -0.383 e. The molecular formula is C9H7Cl2N3S. The molecule has 15 heavy (non-hydrogen) atoms. The van der Waals surface area contributed by atoms with Gasteiger partial charge in [-0.1, -0.05) is 35.0 Å². The fourth-order valence-corrected chi connectivity index (χ4v) is 2.22. The summed E-state index contributed by atoms with van der Waals surface area (Å²) in [7, 11) is 0. The fraction of sp³-hybridized carbons (Fsp3) is 0. The van der Waals surface area contributed by atoms with Gasteiger partial charge in [0, 0.05) is 4.90 Å². The summed E-state index contributed by atoms with van der Waals surface area (Å²) >= 11 is 13.2. The minimum atomic E-state index is 0.531. The molecule has 78 valence electrons. The Bertz CT molecular complexity index is 484. The predicted octanol–water partition coefficient (Wildman–Crippen LogP) is 3.45. The average molecular weight is 260 g/mol. The maximum atomic E-state index is 5.89. The van der Waals surface area contributed by atoms with Crippen molar-refractivity contribution >= 4 is 40.8 Å². The van der Waals surface area contributed by atoms with E-state index < -0.39 is 0 Å². The molecule has 0 aliphatic rings. The van der Waals surface area contributed by atoms with Crippen LogP contribution in [0.5, 0.6) is 0 Å². The maximum absolute atomic E-state index is 5.89. The van der Waals surface area contributed by atoms with Gasteiger partial charge in [0.2, 0.25) is 0 Å². The third kappa shape index (κ3) is 2.40. The number of rotatable bonds is 2. The van der Waals surface area contributed by atoms with Gasteiger partial charge in [0.15, 0.2) is 0 Å². The van der Waals surface area contributed by atoms with E-state index >= 15 is 0 Å². The van der Waals surface area contributed by atoms with Crippen LogP contribution < -0.4 is 5.73 Å². The Balaban J connectivity index is 2.25. The van der Waals surface area contributed by atoms with Crippen molar-refractivity contribution in [1.82, 2.24) is 10.2 Å². The van der Waals surface area contributed by atoms with Crippen LogP contribution in [0.3, 0.4) is 0 Å².